The molecule has 33 heavy (non-hydrogen) atoms. The molecule has 9 heteroatoms. The van der Waals surface area contributed by atoms with Crippen LogP contribution in [0.25, 0.3) is 21.5 Å². The van der Waals surface area contributed by atoms with E-state index in [1.54, 1.807) is 18.2 Å². The number of hydrogen-bond acceptors (Lipinski definition) is 5. The molecule has 168 valence electrons. The van der Waals surface area contributed by atoms with E-state index in [2.05, 4.69) is 21.6 Å². The van der Waals surface area contributed by atoms with E-state index >= 15 is 0 Å². The summed E-state index contributed by atoms with van der Waals surface area (Å²) in [4.78, 5) is 40.2. The molecule has 0 aliphatic carbocycles. The maximum Gasteiger partial charge on any atom is 0.245 e. The van der Waals surface area contributed by atoms with Crippen molar-refractivity contribution in [2.24, 2.45) is 5.11 Å². The molecule has 4 rings (SSSR count). The predicted octanol–water partition coefficient (Wildman–Crippen LogP) is 4.19. The number of hydrogen-bond donors (Lipinski definition) is 1. The van der Waals surface area contributed by atoms with Crippen LogP contribution in [0.4, 0.5) is 0 Å². The van der Waals surface area contributed by atoms with Crippen LogP contribution in [-0.2, 0) is 4.79 Å². The van der Waals surface area contributed by atoms with Gasteiger partial charge >= 0.3 is 0 Å². The summed E-state index contributed by atoms with van der Waals surface area (Å²) in [6.45, 7) is 4.53. The number of aromatic amines is 1. The third-order valence-corrected chi connectivity index (χ3v) is 5.88. The predicted molar refractivity (Wildman–Crippen MR) is 126 cm³/mol. The first kappa shape index (κ1) is 22.3. The molecule has 1 amide bonds. The number of ketones is 1. The molecule has 2 atom stereocenters. The minimum atomic E-state index is -0.422. The number of carbonyl (C=O) groups excluding carboxylic acids is 2. The minimum absolute atomic E-state index is 0.0134. The van der Waals surface area contributed by atoms with Crippen molar-refractivity contribution in [3.8, 4) is 0 Å². The first-order chi connectivity index (χ1) is 15.9. The number of nitrogens with one attached hydrogen (secondary N) is 1. The average molecular weight is 444 g/mol. The SMILES string of the molecule is C=C1CCN(C(=O)[C@@H](c2ccccc2)N(C)C)[C@@H]1c1nc2ccc(C(=O)CN=[N+]=[N-])cc2[nH]1. The van der Waals surface area contributed by atoms with Crippen LogP contribution in [0.5, 0.6) is 0 Å². The van der Waals surface area contributed by atoms with Crippen molar-refractivity contribution in [2.45, 2.75) is 18.5 Å². The molecule has 2 heterocycles. The number of carbonyl (C=O) groups is 2. The van der Waals surface area contributed by atoms with E-state index in [0.717, 1.165) is 11.1 Å². The molecule has 1 fully saturated rings. The molecule has 9 nitrogen and oxygen atoms in total. The van der Waals surface area contributed by atoms with Crippen molar-refractivity contribution in [2.75, 3.05) is 27.2 Å². The summed E-state index contributed by atoms with van der Waals surface area (Å²) in [6, 6.07) is 14.0. The van der Waals surface area contributed by atoms with Gasteiger partial charge in [-0.15, -0.1) is 0 Å². The minimum Gasteiger partial charge on any atom is -0.340 e. The van der Waals surface area contributed by atoms with Crippen molar-refractivity contribution in [1.82, 2.24) is 19.8 Å². The van der Waals surface area contributed by atoms with Crippen LogP contribution < -0.4 is 0 Å². The van der Waals surface area contributed by atoms with E-state index in [-0.39, 0.29) is 24.3 Å². The Morgan fingerprint density at radius 1 is 1.30 bits per heavy atom. The summed E-state index contributed by atoms with van der Waals surface area (Å²) in [6.07, 6.45) is 0.693. The summed E-state index contributed by atoms with van der Waals surface area (Å²) < 4.78 is 0. The molecule has 1 N–H and O–H groups in total. The second-order valence-electron chi connectivity index (χ2n) is 8.29. The molecule has 0 unspecified atom stereocenters. The summed E-state index contributed by atoms with van der Waals surface area (Å²) in [7, 11) is 3.79. The number of fused-ring (bicyclic) bond motifs is 1. The summed E-state index contributed by atoms with van der Waals surface area (Å²) in [5.74, 6) is 0.330. The van der Waals surface area contributed by atoms with Gasteiger partial charge < -0.3 is 9.88 Å². The highest BCUT2D eigenvalue weighted by molar-refractivity contribution is 6.00. The number of nitrogens with zero attached hydrogens (tertiary/aromatic N) is 6. The molecule has 0 spiro atoms. The fourth-order valence-electron chi connectivity index (χ4n) is 4.30. The Balaban J connectivity index is 1.66. The molecule has 1 aliphatic rings. The smallest absolute Gasteiger partial charge is 0.245 e. The number of amides is 1. The second-order valence-corrected chi connectivity index (χ2v) is 8.29. The number of rotatable bonds is 7. The number of imidazole rings is 1. The van der Waals surface area contributed by atoms with E-state index in [1.165, 1.54) is 0 Å². The van der Waals surface area contributed by atoms with E-state index < -0.39 is 6.04 Å². The van der Waals surface area contributed by atoms with E-state index in [9.17, 15) is 9.59 Å². The first-order valence-corrected chi connectivity index (χ1v) is 10.6. The van der Waals surface area contributed by atoms with Crippen LogP contribution in [0, 0.1) is 0 Å². The van der Waals surface area contributed by atoms with Crippen molar-refractivity contribution in [3.63, 3.8) is 0 Å². The maximum atomic E-state index is 13.7. The molecule has 1 aliphatic heterocycles. The van der Waals surface area contributed by atoms with Crippen LogP contribution in [0.3, 0.4) is 0 Å². The second kappa shape index (κ2) is 9.28. The third-order valence-electron chi connectivity index (χ3n) is 5.88. The quantitative estimate of drug-likeness (QED) is 0.194. The van der Waals surface area contributed by atoms with Gasteiger partial charge in [-0.2, -0.15) is 0 Å². The Kier molecular flexibility index (Phi) is 6.26. The van der Waals surface area contributed by atoms with Crippen LogP contribution in [0.1, 0.15) is 40.3 Å². The number of likely N-dealkylation sites (tertiary alicyclic amines) is 1. The van der Waals surface area contributed by atoms with E-state index in [4.69, 9.17) is 10.5 Å². The highest BCUT2D eigenvalue weighted by Gasteiger charge is 2.39. The lowest BCUT2D eigenvalue weighted by Crippen LogP contribution is -2.40. The molecule has 3 aromatic rings. The normalized spacial score (nSPS) is 16.8. The highest BCUT2D eigenvalue weighted by Crippen LogP contribution is 2.37. The fourth-order valence-corrected chi connectivity index (χ4v) is 4.30. The van der Waals surface area contributed by atoms with Crippen LogP contribution >= 0.6 is 0 Å². The van der Waals surface area contributed by atoms with Crippen molar-refractivity contribution < 1.29 is 9.59 Å². The Labute approximate surface area is 191 Å². The maximum absolute atomic E-state index is 13.7. The molecule has 0 radical (unpaired) electrons. The van der Waals surface area contributed by atoms with Crippen molar-refractivity contribution in [3.05, 3.63) is 88.1 Å². The van der Waals surface area contributed by atoms with Gasteiger partial charge in [0.25, 0.3) is 0 Å². The number of benzene rings is 2. The van der Waals surface area contributed by atoms with Gasteiger partial charge in [0.15, 0.2) is 5.78 Å². The van der Waals surface area contributed by atoms with Gasteiger partial charge in [-0.05, 0) is 55.4 Å². The third kappa shape index (κ3) is 4.37. The van der Waals surface area contributed by atoms with Gasteiger partial charge in [0.1, 0.15) is 17.9 Å². The lowest BCUT2D eigenvalue weighted by atomic mass is 10.0. The van der Waals surface area contributed by atoms with Gasteiger partial charge in [0.2, 0.25) is 5.91 Å². The highest BCUT2D eigenvalue weighted by atomic mass is 16.2. The topological polar surface area (TPSA) is 118 Å². The number of aromatic nitrogens is 2. The molecule has 1 saturated heterocycles. The molecule has 2 aromatic carbocycles. The lowest BCUT2D eigenvalue weighted by molar-refractivity contribution is -0.137. The van der Waals surface area contributed by atoms with Crippen molar-refractivity contribution >= 4 is 22.7 Å². The van der Waals surface area contributed by atoms with E-state index in [0.29, 0.717) is 35.4 Å². The molecule has 0 bridgehead atoms. The largest absolute Gasteiger partial charge is 0.340 e. The first-order valence-electron chi connectivity index (χ1n) is 10.6. The van der Waals surface area contributed by atoms with Gasteiger partial charge in [-0.3, -0.25) is 14.5 Å². The van der Waals surface area contributed by atoms with Crippen LogP contribution in [0.2, 0.25) is 0 Å². The number of azide groups is 1. The number of Topliss-reactive ketones (excluding diaryl/α,β-unsaturated/α-hetero) is 1. The van der Waals surface area contributed by atoms with Crippen LogP contribution in [-0.4, -0.2) is 58.6 Å². The zero-order valence-electron chi connectivity index (χ0n) is 18.6. The molecule has 0 saturated carbocycles. The van der Waals surface area contributed by atoms with Crippen molar-refractivity contribution in [1.29, 1.82) is 0 Å². The van der Waals surface area contributed by atoms with Gasteiger partial charge in [-0.25, -0.2) is 4.98 Å². The van der Waals surface area contributed by atoms with Gasteiger partial charge in [0.05, 0.1) is 17.6 Å². The number of H-pyrrole nitrogens is 1. The van der Waals surface area contributed by atoms with Crippen LogP contribution in [0.15, 0.2) is 65.8 Å². The Morgan fingerprint density at radius 2 is 2.06 bits per heavy atom. The Morgan fingerprint density at radius 3 is 2.76 bits per heavy atom. The monoisotopic (exact) mass is 443 g/mol. The number of likely N-dealkylation sites (N-methyl/N-ethyl adjacent to an activating group) is 1. The Bertz CT molecular complexity index is 1260. The zero-order chi connectivity index (χ0) is 23.5. The summed E-state index contributed by atoms with van der Waals surface area (Å²) in [5.41, 5.74) is 12.1. The Hall–Kier alpha value is -3.94. The fraction of sp³-hybridized carbons (Fsp3) is 0.292. The molecular weight excluding hydrogens is 418 g/mol. The summed E-state index contributed by atoms with van der Waals surface area (Å²) in [5, 5.41) is 3.34. The van der Waals surface area contributed by atoms with E-state index in [1.807, 2.05) is 54.2 Å². The molecule has 1 aromatic heterocycles. The standard InChI is InChI=1S/C24H25N7O2/c1-15-11-12-31(24(33)22(30(2)3)16-7-5-4-6-8-16)21(15)23-27-18-10-9-17(13-19(18)28-23)20(32)14-26-29-25/h4-10,13,21-22H,1,11-12,14H2,2-3H3,(H,27,28)/t21-,22+/m0/s1. The average Bonchev–Trinajstić information content (AvgIpc) is 3.40. The zero-order valence-corrected chi connectivity index (χ0v) is 18.6. The van der Waals surface area contributed by atoms with Gasteiger partial charge in [0, 0.05) is 17.0 Å². The molecular formula is C24H25N7O2. The van der Waals surface area contributed by atoms with Gasteiger partial charge in [-0.1, -0.05) is 42.0 Å². The summed E-state index contributed by atoms with van der Waals surface area (Å²) >= 11 is 0. The lowest BCUT2D eigenvalue weighted by Gasteiger charge is -2.31.